The molecular weight excluding hydrogens is 128 g/mol. The molecule has 0 heterocycles. The molecule has 0 fully saturated rings. The molecule has 2 heteroatoms. The molecular formula is C8H14O2. The van der Waals surface area contributed by atoms with Gasteiger partial charge in [0.15, 0.2) is 0 Å². The first-order valence-electron chi connectivity index (χ1n) is 3.39. The van der Waals surface area contributed by atoms with Gasteiger partial charge in [0.05, 0.1) is 6.10 Å². The molecule has 0 saturated heterocycles. The van der Waals surface area contributed by atoms with Gasteiger partial charge in [0, 0.05) is 11.8 Å². The van der Waals surface area contributed by atoms with Crippen molar-refractivity contribution in [2.24, 2.45) is 11.8 Å². The van der Waals surface area contributed by atoms with Crippen LogP contribution in [0, 0.1) is 11.8 Å². The highest BCUT2D eigenvalue weighted by molar-refractivity contribution is 5.53. The summed E-state index contributed by atoms with van der Waals surface area (Å²) in [4.78, 5) is 10.2. The molecule has 0 bridgehead atoms. The van der Waals surface area contributed by atoms with Gasteiger partial charge in [-0.2, -0.15) is 0 Å². The van der Waals surface area contributed by atoms with Gasteiger partial charge in [-0.3, -0.25) is 0 Å². The number of carbonyl (C=O) groups excluding carboxylic acids is 1. The lowest BCUT2D eigenvalue weighted by molar-refractivity contribution is -0.114. The van der Waals surface area contributed by atoms with Gasteiger partial charge >= 0.3 is 0 Å². The Morgan fingerprint density at radius 2 is 1.90 bits per heavy atom. The van der Waals surface area contributed by atoms with Crippen molar-refractivity contribution >= 4 is 6.29 Å². The molecule has 0 aliphatic carbocycles. The van der Waals surface area contributed by atoms with E-state index in [9.17, 15) is 9.90 Å². The number of aldehydes is 1. The van der Waals surface area contributed by atoms with Crippen molar-refractivity contribution in [3.63, 3.8) is 0 Å². The Hall–Kier alpha value is -0.630. The van der Waals surface area contributed by atoms with Gasteiger partial charge in [-0.25, -0.2) is 0 Å². The molecule has 0 unspecified atom stereocenters. The Labute approximate surface area is 61.6 Å². The first-order chi connectivity index (χ1) is 4.63. The van der Waals surface area contributed by atoms with Gasteiger partial charge in [0.2, 0.25) is 0 Å². The molecule has 0 amide bonds. The lowest BCUT2D eigenvalue weighted by atomic mass is 9.95. The van der Waals surface area contributed by atoms with Crippen LogP contribution in [-0.4, -0.2) is 17.5 Å². The Morgan fingerprint density at radius 3 is 2.20 bits per heavy atom. The molecule has 0 radical (unpaired) electrons. The van der Waals surface area contributed by atoms with Crippen LogP contribution in [0.1, 0.15) is 13.8 Å². The Balaban J connectivity index is 3.91. The van der Waals surface area contributed by atoms with Crippen molar-refractivity contribution in [3.8, 4) is 0 Å². The second-order valence-corrected chi connectivity index (χ2v) is 2.58. The van der Waals surface area contributed by atoms with Crippen LogP contribution in [0.3, 0.4) is 0 Å². The molecule has 0 aliphatic heterocycles. The Bertz CT molecular complexity index is 106. The average molecular weight is 142 g/mol. The normalized spacial score (nSPS) is 19.1. The monoisotopic (exact) mass is 142 g/mol. The summed E-state index contributed by atoms with van der Waals surface area (Å²) < 4.78 is 0. The summed E-state index contributed by atoms with van der Waals surface area (Å²) in [6.45, 7) is 7.05. The van der Waals surface area contributed by atoms with E-state index < -0.39 is 6.10 Å². The molecule has 0 saturated carbocycles. The molecule has 0 aromatic carbocycles. The summed E-state index contributed by atoms with van der Waals surface area (Å²) in [6, 6.07) is 0. The third kappa shape index (κ3) is 2.31. The largest absolute Gasteiger partial charge is 0.392 e. The first kappa shape index (κ1) is 9.37. The predicted octanol–water partition coefficient (Wildman–Crippen LogP) is 1.00. The van der Waals surface area contributed by atoms with E-state index in [0.717, 1.165) is 6.29 Å². The van der Waals surface area contributed by atoms with E-state index in [1.807, 2.05) is 6.92 Å². The third-order valence-electron chi connectivity index (χ3n) is 1.66. The van der Waals surface area contributed by atoms with Crippen molar-refractivity contribution in [1.82, 2.24) is 0 Å². The summed E-state index contributed by atoms with van der Waals surface area (Å²) in [5, 5.41) is 9.28. The summed E-state index contributed by atoms with van der Waals surface area (Å²) in [6.07, 6.45) is 1.81. The maximum Gasteiger partial charge on any atom is 0.125 e. The molecule has 0 rings (SSSR count). The van der Waals surface area contributed by atoms with Crippen LogP contribution in [0.15, 0.2) is 12.7 Å². The third-order valence-corrected chi connectivity index (χ3v) is 1.66. The van der Waals surface area contributed by atoms with Crippen LogP contribution in [0.5, 0.6) is 0 Å². The highest BCUT2D eigenvalue weighted by Crippen LogP contribution is 2.11. The topological polar surface area (TPSA) is 37.3 Å². The average Bonchev–Trinajstić information content (AvgIpc) is 2.00. The second kappa shape index (κ2) is 4.23. The number of aliphatic hydroxyl groups excluding tert-OH is 1. The van der Waals surface area contributed by atoms with Gasteiger partial charge in [-0.1, -0.05) is 19.9 Å². The lowest BCUT2D eigenvalue weighted by Crippen LogP contribution is -2.24. The molecule has 10 heavy (non-hydrogen) atoms. The smallest absolute Gasteiger partial charge is 0.125 e. The van der Waals surface area contributed by atoms with Crippen molar-refractivity contribution in [2.75, 3.05) is 0 Å². The van der Waals surface area contributed by atoms with E-state index in [0.29, 0.717) is 0 Å². The number of hydrogen-bond acceptors (Lipinski definition) is 2. The molecule has 58 valence electrons. The van der Waals surface area contributed by atoms with Crippen LogP contribution in [0.25, 0.3) is 0 Å². The number of aliphatic hydroxyl groups is 1. The lowest BCUT2D eigenvalue weighted by Gasteiger charge is -2.17. The maximum absolute atomic E-state index is 10.2. The fraction of sp³-hybridized carbons (Fsp3) is 0.625. The quantitative estimate of drug-likeness (QED) is 0.469. The molecule has 2 nitrogen and oxygen atoms in total. The van der Waals surface area contributed by atoms with Gasteiger partial charge < -0.3 is 9.90 Å². The minimum Gasteiger partial charge on any atom is -0.392 e. The van der Waals surface area contributed by atoms with Crippen molar-refractivity contribution in [2.45, 2.75) is 20.0 Å². The first-order valence-corrected chi connectivity index (χ1v) is 3.39. The van der Waals surface area contributed by atoms with Crippen molar-refractivity contribution in [3.05, 3.63) is 12.7 Å². The zero-order valence-electron chi connectivity index (χ0n) is 6.45. The SMILES string of the molecule is C=C[C@H](C)[C@@H](O)[C@@H](C)C=O. The Morgan fingerprint density at radius 1 is 1.40 bits per heavy atom. The molecule has 0 aliphatic rings. The van der Waals surface area contributed by atoms with E-state index in [2.05, 4.69) is 6.58 Å². The van der Waals surface area contributed by atoms with Gasteiger partial charge in [-0.15, -0.1) is 6.58 Å². The van der Waals surface area contributed by atoms with Gasteiger partial charge in [-0.05, 0) is 0 Å². The number of carbonyl (C=O) groups is 1. The van der Waals surface area contributed by atoms with E-state index in [-0.39, 0.29) is 11.8 Å². The highest BCUT2D eigenvalue weighted by atomic mass is 16.3. The van der Waals surface area contributed by atoms with Crippen LogP contribution >= 0.6 is 0 Å². The minimum absolute atomic E-state index is 0.0137. The molecule has 0 aromatic heterocycles. The fourth-order valence-corrected chi connectivity index (χ4v) is 0.699. The minimum atomic E-state index is -0.588. The summed E-state index contributed by atoms with van der Waals surface area (Å²) in [5.74, 6) is -0.312. The van der Waals surface area contributed by atoms with Gasteiger partial charge in [0.25, 0.3) is 0 Å². The standard InChI is InChI=1S/C8H14O2/c1-4-6(2)8(10)7(3)5-9/h4-8,10H,1H2,2-3H3/t6-,7-,8+/m0/s1. The number of hydrogen-bond donors (Lipinski definition) is 1. The maximum atomic E-state index is 10.2. The molecule has 3 atom stereocenters. The van der Waals surface area contributed by atoms with E-state index in [1.54, 1.807) is 13.0 Å². The summed E-state index contributed by atoms with van der Waals surface area (Å²) >= 11 is 0. The molecule has 0 spiro atoms. The van der Waals surface area contributed by atoms with E-state index >= 15 is 0 Å². The van der Waals surface area contributed by atoms with Crippen LogP contribution < -0.4 is 0 Å². The fourth-order valence-electron chi connectivity index (χ4n) is 0.699. The molecule has 1 N–H and O–H groups in total. The van der Waals surface area contributed by atoms with Gasteiger partial charge in [0.1, 0.15) is 6.29 Å². The predicted molar refractivity (Wildman–Crippen MR) is 40.6 cm³/mol. The summed E-state index contributed by atoms with van der Waals surface area (Å²) in [7, 11) is 0. The van der Waals surface area contributed by atoms with E-state index in [4.69, 9.17) is 0 Å². The van der Waals surface area contributed by atoms with Crippen molar-refractivity contribution in [1.29, 1.82) is 0 Å². The Kier molecular flexibility index (Phi) is 3.96. The second-order valence-electron chi connectivity index (χ2n) is 2.58. The summed E-state index contributed by atoms with van der Waals surface area (Å²) in [5.41, 5.74) is 0. The van der Waals surface area contributed by atoms with Crippen molar-refractivity contribution < 1.29 is 9.90 Å². The highest BCUT2D eigenvalue weighted by Gasteiger charge is 2.17. The number of rotatable bonds is 4. The van der Waals surface area contributed by atoms with Crippen LogP contribution in [0.4, 0.5) is 0 Å². The van der Waals surface area contributed by atoms with E-state index in [1.165, 1.54) is 0 Å². The van der Waals surface area contributed by atoms with Crippen LogP contribution in [-0.2, 0) is 4.79 Å². The zero-order valence-corrected chi connectivity index (χ0v) is 6.45. The zero-order chi connectivity index (χ0) is 8.15. The van der Waals surface area contributed by atoms with Crippen LogP contribution in [0.2, 0.25) is 0 Å². The molecule has 0 aromatic rings.